The van der Waals surface area contributed by atoms with Gasteiger partial charge in [-0.05, 0) is 48.2 Å². The number of hydrogen-bond donors (Lipinski definition) is 2. The summed E-state index contributed by atoms with van der Waals surface area (Å²) < 4.78 is 48.1. The highest BCUT2D eigenvalue weighted by atomic mass is 32.2. The average Bonchev–Trinajstić information content (AvgIpc) is 2.69. The zero-order valence-electron chi connectivity index (χ0n) is 17.3. The van der Waals surface area contributed by atoms with Crippen LogP contribution in [0.2, 0.25) is 0 Å². The first-order valence-electron chi connectivity index (χ1n) is 9.54. The fourth-order valence-corrected chi connectivity index (χ4v) is 4.36. The van der Waals surface area contributed by atoms with E-state index in [2.05, 4.69) is 15.6 Å². The Labute approximate surface area is 176 Å². The number of benzene rings is 2. The normalized spacial score (nSPS) is 14.1. The molecule has 1 aliphatic heterocycles. The maximum atomic E-state index is 13.8. The molecule has 3 rings (SSSR count). The minimum atomic E-state index is -3.24. The number of aliphatic imine (C=N–C) groups is 1. The summed E-state index contributed by atoms with van der Waals surface area (Å²) in [6, 6.07) is 8.16. The summed E-state index contributed by atoms with van der Waals surface area (Å²) in [4.78, 5) is 4.52. The summed E-state index contributed by atoms with van der Waals surface area (Å²) in [7, 11) is -1.57. The predicted molar refractivity (Wildman–Crippen MR) is 113 cm³/mol. The molecule has 1 aliphatic rings. The van der Waals surface area contributed by atoms with Gasteiger partial charge in [-0.25, -0.2) is 12.8 Å². The number of hydrogen-bond acceptors (Lipinski definition) is 5. The number of ether oxygens (including phenoxy) is 2. The van der Waals surface area contributed by atoms with E-state index < -0.39 is 9.84 Å². The summed E-state index contributed by atoms with van der Waals surface area (Å²) in [5.74, 6) is 0.969. The van der Waals surface area contributed by atoms with Gasteiger partial charge in [0.15, 0.2) is 22.6 Å². The van der Waals surface area contributed by atoms with Crippen LogP contribution in [0, 0.1) is 12.7 Å². The first kappa shape index (κ1) is 22.0. The molecule has 0 aliphatic carbocycles. The van der Waals surface area contributed by atoms with Crippen LogP contribution in [-0.2, 0) is 34.1 Å². The first-order valence-corrected chi connectivity index (χ1v) is 11.4. The molecular weight excluding hydrogens is 409 g/mol. The predicted octanol–water partition coefficient (Wildman–Crippen LogP) is 2.31. The van der Waals surface area contributed by atoms with Crippen molar-refractivity contribution in [2.45, 2.75) is 31.4 Å². The van der Waals surface area contributed by atoms with Crippen LogP contribution in [0.5, 0.6) is 5.75 Å². The molecule has 7 nitrogen and oxygen atoms in total. The van der Waals surface area contributed by atoms with E-state index >= 15 is 0 Å². The maximum Gasteiger partial charge on any atom is 0.191 e. The lowest BCUT2D eigenvalue weighted by Crippen LogP contribution is -2.38. The second-order valence-corrected chi connectivity index (χ2v) is 9.12. The standard InChI is InChI=1S/C21H26FN3O4S/c1-14-8-15(4-5-19(14)30(3,26)27)11-25-21(23-2)24-7-6-16-9-18(22)10-17-12-28-13-29-20(16)17/h4-5,8-10H,6-7,11-13H2,1-3H3,(H2,23,24,25). The molecule has 30 heavy (non-hydrogen) atoms. The van der Waals surface area contributed by atoms with Gasteiger partial charge in [-0.15, -0.1) is 0 Å². The van der Waals surface area contributed by atoms with Crippen molar-refractivity contribution in [2.75, 3.05) is 26.6 Å². The molecule has 0 unspecified atom stereocenters. The minimum absolute atomic E-state index is 0.166. The largest absolute Gasteiger partial charge is 0.467 e. The Hall–Kier alpha value is -2.65. The zero-order chi connectivity index (χ0) is 21.7. The van der Waals surface area contributed by atoms with Crippen LogP contribution in [0.4, 0.5) is 4.39 Å². The third-order valence-corrected chi connectivity index (χ3v) is 6.02. The maximum absolute atomic E-state index is 13.8. The molecule has 1 heterocycles. The van der Waals surface area contributed by atoms with Gasteiger partial charge >= 0.3 is 0 Å². The molecule has 0 saturated heterocycles. The molecule has 2 N–H and O–H groups in total. The minimum Gasteiger partial charge on any atom is -0.467 e. The van der Waals surface area contributed by atoms with Gasteiger partial charge in [0.05, 0.1) is 11.5 Å². The van der Waals surface area contributed by atoms with Gasteiger partial charge in [-0.2, -0.15) is 0 Å². The lowest BCUT2D eigenvalue weighted by atomic mass is 10.1. The number of sulfone groups is 1. The van der Waals surface area contributed by atoms with Crippen LogP contribution >= 0.6 is 0 Å². The van der Waals surface area contributed by atoms with Crippen LogP contribution in [0.25, 0.3) is 0 Å². The van der Waals surface area contributed by atoms with E-state index in [1.165, 1.54) is 18.4 Å². The molecule has 0 spiro atoms. The first-order chi connectivity index (χ1) is 14.3. The Kier molecular flexibility index (Phi) is 6.94. The molecule has 0 atom stereocenters. The number of nitrogens with one attached hydrogen (secondary N) is 2. The number of rotatable bonds is 6. The highest BCUT2D eigenvalue weighted by molar-refractivity contribution is 7.90. The Morgan fingerprint density at radius 2 is 2.03 bits per heavy atom. The third kappa shape index (κ3) is 5.48. The van der Waals surface area contributed by atoms with Crippen LogP contribution in [0.15, 0.2) is 40.2 Å². The lowest BCUT2D eigenvalue weighted by Gasteiger charge is -2.21. The van der Waals surface area contributed by atoms with E-state index in [9.17, 15) is 12.8 Å². The highest BCUT2D eigenvalue weighted by Crippen LogP contribution is 2.29. The molecule has 0 fully saturated rings. The van der Waals surface area contributed by atoms with Crippen molar-refractivity contribution in [3.05, 3.63) is 58.4 Å². The van der Waals surface area contributed by atoms with E-state index in [1.807, 2.05) is 6.07 Å². The van der Waals surface area contributed by atoms with E-state index in [1.54, 1.807) is 26.1 Å². The highest BCUT2D eigenvalue weighted by Gasteiger charge is 2.17. The number of guanidine groups is 1. The molecule has 2 aromatic carbocycles. The van der Waals surface area contributed by atoms with Gasteiger partial charge in [-0.1, -0.05) is 12.1 Å². The van der Waals surface area contributed by atoms with Gasteiger partial charge in [0.25, 0.3) is 0 Å². The fraction of sp³-hybridized carbons (Fsp3) is 0.381. The smallest absolute Gasteiger partial charge is 0.191 e. The second-order valence-electron chi connectivity index (χ2n) is 7.14. The molecule has 2 aromatic rings. The Morgan fingerprint density at radius 3 is 2.73 bits per heavy atom. The summed E-state index contributed by atoms with van der Waals surface area (Å²) in [6.07, 6.45) is 1.76. The van der Waals surface area contributed by atoms with Gasteiger partial charge in [0.1, 0.15) is 11.6 Å². The number of aryl methyl sites for hydroxylation is 1. The van der Waals surface area contributed by atoms with Crippen molar-refractivity contribution < 1.29 is 22.3 Å². The zero-order valence-corrected chi connectivity index (χ0v) is 18.1. The Morgan fingerprint density at radius 1 is 1.23 bits per heavy atom. The van der Waals surface area contributed by atoms with Gasteiger partial charge in [0.2, 0.25) is 0 Å². The van der Waals surface area contributed by atoms with E-state index in [0.717, 1.165) is 11.1 Å². The van der Waals surface area contributed by atoms with Gasteiger partial charge < -0.3 is 20.1 Å². The van der Waals surface area contributed by atoms with Crippen molar-refractivity contribution in [3.63, 3.8) is 0 Å². The molecule has 0 radical (unpaired) electrons. The van der Waals surface area contributed by atoms with E-state index in [-0.39, 0.29) is 12.6 Å². The average molecular weight is 436 g/mol. The molecular formula is C21H26FN3O4S. The molecule has 0 amide bonds. The number of halogens is 1. The topological polar surface area (TPSA) is 89.0 Å². The molecule has 162 valence electrons. The Balaban J connectivity index is 1.56. The van der Waals surface area contributed by atoms with Crippen LogP contribution in [0.1, 0.15) is 22.3 Å². The number of fused-ring (bicyclic) bond motifs is 1. The van der Waals surface area contributed by atoms with Crippen molar-refractivity contribution in [3.8, 4) is 5.75 Å². The molecule has 0 saturated carbocycles. The fourth-order valence-electron chi connectivity index (χ4n) is 3.40. The van der Waals surface area contributed by atoms with Crippen molar-refractivity contribution in [2.24, 2.45) is 4.99 Å². The SMILES string of the molecule is CN=C(NCCc1cc(F)cc2c1OCOC2)NCc1ccc(S(C)(=O)=O)c(C)c1. The quantitative estimate of drug-likeness (QED) is 0.535. The Bertz CT molecular complexity index is 1050. The summed E-state index contributed by atoms with van der Waals surface area (Å²) in [5.41, 5.74) is 3.14. The van der Waals surface area contributed by atoms with E-state index in [4.69, 9.17) is 9.47 Å². The summed E-state index contributed by atoms with van der Waals surface area (Å²) in [5, 5.41) is 6.39. The molecule has 9 heteroatoms. The van der Waals surface area contributed by atoms with E-state index in [0.29, 0.717) is 53.8 Å². The van der Waals surface area contributed by atoms with Gasteiger partial charge in [-0.3, -0.25) is 4.99 Å². The second kappa shape index (κ2) is 9.44. The summed E-state index contributed by atoms with van der Waals surface area (Å²) in [6.45, 7) is 3.31. The van der Waals surface area contributed by atoms with Crippen molar-refractivity contribution in [1.82, 2.24) is 10.6 Å². The van der Waals surface area contributed by atoms with Crippen LogP contribution in [0.3, 0.4) is 0 Å². The van der Waals surface area contributed by atoms with Crippen LogP contribution in [-0.4, -0.2) is 41.0 Å². The molecule has 0 bridgehead atoms. The van der Waals surface area contributed by atoms with Crippen LogP contribution < -0.4 is 15.4 Å². The molecule has 0 aromatic heterocycles. The summed E-state index contributed by atoms with van der Waals surface area (Å²) >= 11 is 0. The van der Waals surface area contributed by atoms with Crippen molar-refractivity contribution in [1.29, 1.82) is 0 Å². The van der Waals surface area contributed by atoms with Crippen molar-refractivity contribution >= 4 is 15.8 Å². The third-order valence-electron chi connectivity index (χ3n) is 4.76. The van der Waals surface area contributed by atoms with Gasteiger partial charge in [0, 0.05) is 32.0 Å². The number of nitrogens with zero attached hydrogens (tertiary/aromatic N) is 1. The lowest BCUT2D eigenvalue weighted by molar-refractivity contribution is -0.0172. The monoisotopic (exact) mass is 435 g/mol.